The third kappa shape index (κ3) is 2.65. The molecule has 0 unspecified atom stereocenters. The average molecular weight is 333 g/mol. The van der Waals surface area contributed by atoms with E-state index < -0.39 is 10.0 Å². The number of sulfonamides is 1. The zero-order valence-corrected chi connectivity index (χ0v) is 11.9. The molecule has 0 N–H and O–H groups in total. The summed E-state index contributed by atoms with van der Waals surface area (Å²) in [5, 5.41) is 0.515. The summed E-state index contributed by atoms with van der Waals surface area (Å²) >= 11 is 14.6. The first kappa shape index (κ1) is 13.3. The SMILES string of the molecule is CN(C)S(=O)(=O)c1cc(Cl)c(Cl)cc1Br. The number of hydrogen-bond acceptors (Lipinski definition) is 2. The van der Waals surface area contributed by atoms with Crippen molar-refractivity contribution >= 4 is 49.2 Å². The Morgan fingerprint density at radius 2 is 1.67 bits per heavy atom. The molecule has 15 heavy (non-hydrogen) atoms. The Hall–Kier alpha value is 0.190. The quantitative estimate of drug-likeness (QED) is 0.781. The highest BCUT2D eigenvalue weighted by Crippen LogP contribution is 2.32. The topological polar surface area (TPSA) is 37.4 Å². The molecule has 0 atom stereocenters. The van der Waals surface area contributed by atoms with Crippen molar-refractivity contribution in [1.82, 2.24) is 4.31 Å². The third-order valence-corrected chi connectivity index (χ3v) is 5.23. The lowest BCUT2D eigenvalue weighted by Gasteiger charge is -2.13. The zero-order valence-electron chi connectivity index (χ0n) is 7.96. The molecule has 0 radical (unpaired) electrons. The van der Waals surface area contributed by atoms with Gasteiger partial charge in [-0.2, -0.15) is 0 Å². The van der Waals surface area contributed by atoms with Crippen LogP contribution in [0.25, 0.3) is 0 Å². The maximum atomic E-state index is 11.8. The summed E-state index contributed by atoms with van der Waals surface area (Å²) in [6.45, 7) is 0. The van der Waals surface area contributed by atoms with Crippen LogP contribution in [0.4, 0.5) is 0 Å². The summed E-state index contributed by atoms with van der Waals surface area (Å²) in [6, 6.07) is 2.78. The van der Waals surface area contributed by atoms with E-state index in [-0.39, 0.29) is 9.92 Å². The van der Waals surface area contributed by atoms with Gasteiger partial charge in [0.05, 0.1) is 14.9 Å². The van der Waals surface area contributed by atoms with Crippen LogP contribution >= 0.6 is 39.1 Å². The molecule has 1 aromatic rings. The molecule has 0 aliphatic rings. The number of halogens is 3. The molecule has 7 heteroatoms. The summed E-state index contributed by atoms with van der Waals surface area (Å²) in [4.78, 5) is 0.0990. The maximum Gasteiger partial charge on any atom is 0.243 e. The van der Waals surface area contributed by atoms with Crippen LogP contribution in [0, 0.1) is 0 Å². The van der Waals surface area contributed by atoms with Gasteiger partial charge in [0.15, 0.2) is 0 Å². The van der Waals surface area contributed by atoms with Gasteiger partial charge in [0, 0.05) is 18.6 Å². The standard InChI is InChI=1S/C8H8BrCl2NO2S/c1-12(2)15(13,14)8-4-7(11)6(10)3-5(8)9/h3-4H,1-2H3. The first-order chi connectivity index (χ1) is 6.76. The Bertz CT molecular complexity index is 488. The molecule has 0 aliphatic carbocycles. The van der Waals surface area contributed by atoms with Gasteiger partial charge in [0.2, 0.25) is 10.0 Å². The van der Waals surface area contributed by atoms with Crippen molar-refractivity contribution in [2.45, 2.75) is 4.90 Å². The van der Waals surface area contributed by atoms with Gasteiger partial charge in [-0.1, -0.05) is 23.2 Å². The van der Waals surface area contributed by atoms with Gasteiger partial charge in [-0.3, -0.25) is 0 Å². The summed E-state index contributed by atoms with van der Waals surface area (Å²) in [6.07, 6.45) is 0. The second-order valence-corrected chi connectivity index (χ2v) is 6.77. The maximum absolute atomic E-state index is 11.8. The van der Waals surface area contributed by atoms with Crippen LogP contribution in [0.2, 0.25) is 10.0 Å². The van der Waals surface area contributed by atoms with E-state index in [1.807, 2.05) is 0 Å². The molecule has 0 saturated carbocycles. The highest BCUT2D eigenvalue weighted by molar-refractivity contribution is 9.10. The Kier molecular flexibility index (Phi) is 4.06. The molecule has 84 valence electrons. The second-order valence-electron chi connectivity index (χ2n) is 2.98. The van der Waals surface area contributed by atoms with Crippen molar-refractivity contribution in [3.8, 4) is 0 Å². The minimum Gasteiger partial charge on any atom is -0.207 e. The lowest BCUT2D eigenvalue weighted by atomic mass is 10.4. The van der Waals surface area contributed by atoms with E-state index in [2.05, 4.69) is 15.9 Å². The summed E-state index contributed by atoms with van der Waals surface area (Å²) < 4.78 is 25.1. The number of benzene rings is 1. The van der Waals surface area contributed by atoms with Crippen LogP contribution in [-0.4, -0.2) is 26.8 Å². The highest BCUT2D eigenvalue weighted by Gasteiger charge is 2.21. The molecule has 0 saturated heterocycles. The van der Waals surface area contributed by atoms with Gasteiger partial charge in [-0.05, 0) is 28.1 Å². The predicted octanol–water partition coefficient (Wildman–Crippen LogP) is 3.01. The first-order valence-electron chi connectivity index (χ1n) is 3.84. The van der Waals surface area contributed by atoms with E-state index in [4.69, 9.17) is 23.2 Å². The predicted molar refractivity (Wildman–Crippen MR) is 65.0 cm³/mol. The van der Waals surface area contributed by atoms with E-state index in [0.29, 0.717) is 9.50 Å². The van der Waals surface area contributed by atoms with Gasteiger partial charge in [-0.15, -0.1) is 0 Å². The minimum atomic E-state index is -3.50. The summed E-state index contributed by atoms with van der Waals surface area (Å²) in [7, 11) is -0.606. The van der Waals surface area contributed by atoms with Gasteiger partial charge in [-0.25, -0.2) is 12.7 Å². The molecule has 1 rings (SSSR count). The van der Waals surface area contributed by atoms with Crippen LogP contribution in [0.1, 0.15) is 0 Å². The van der Waals surface area contributed by atoms with E-state index in [1.165, 1.54) is 26.2 Å². The zero-order chi connectivity index (χ0) is 11.8. The van der Waals surface area contributed by atoms with Crippen molar-refractivity contribution in [1.29, 1.82) is 0 Å². The van der Waals surface area contributed by atoms with Gasteiger partial charge in [0.25, 0.3) is 0 Å². The van der Waals surface area contributed by atoms with Crippen LogP contribution in [0.3, 0.4) is 0 Å². The number of rotatable bonds is 2. The third-order valence-electron chi connectivity index (χ3n) is 1.73. The summed E-state index contributed by atoms with van der Waals surface area (Å²) in [5.74, 6) is 0. The van der Waals surface area contributed by atoms with Crippen LogP contribution in [0.15, 0.2) is 21.5 Å². The van der Waals surface area contributed by atoms with Crippen molar-refractivity contribution in [3.05, 3.63) is 26.7 Å². The molecule has 0 heterocycles. The largest absolute Gasteiger partial charge is 0.243 e. The Labute approximate surface area is 107 Å². The first-order valence-corrected chi connectivity index (χ1v) is 6.83. The van der Waals surface area contributed by atoms with Crippen molar-refractivity contribution in [2.75, 3.05) is 14.1 Å². The Morgan fingerprint density at radius 1 is 1.20 bits per heavy atom. The Morgan fingerprint density at radius 3 is 2.13 bits per heavy atom. The number of nitrogens with zero attached hydrogens (tertiary/aromatic N) is 1. The highest BCUT2D eigenvalue weighted by atomic mass is 79.9. The molecule has 0 bridgehead atoms. The Balaban J connectivity index is 3.46. The normalized spacial score (nSPS) is 12.1. The fourth-order valence-corrected chi connectivity index (χ4v) is 3.35. The fraction of sp³-hybridized carbons (Fsp3) is 0.250. The molecular weight excluding hydrogens is 325 g/mol. The number of hydrogen-bond donors (Lipinski definition) is 0. The lowest BCUT2D eigenvalue weighted by molar-refractivity contribution is 0.520. The molecule has 0 spiro atoms. The van der Waals surface area contributed by atoms with Crippen molar-refractivity contribution in [3.63, 3.8) is 0 Å². The molecule has 1 aromatic carbocycles. The molecule has 0 amide bonds. The van der Waals surface area contributed by atoms with E-state index >= 15 is 0 Å². The van der Waals surface area contributed by atoms with Crippen molar-refractivity contribution in [2.24, 2.45) is 0 Å². The van der Waals surface area contributed by atoms with Gasteiger partial charge in [0.1, 0.15) is 0 Å². The molecule has 0 aromatic heterocycles. The average Bonchev–Trinajstić information content (AvgIpc) is 2.10. The second kappa shape index (κ2) is 4.59. The van der Waals surface area contributed by atoms with Crippen LogP contribution < -0.4 is 0 Å². The van der Waals surface area contributed by atoms with Crippen molar-refractivity contribution < 1.29 is 8.42 Å². The van der Waals surface area contributed by atoms with Crippen LogP contribution in [-0.2, 0) is 10.0 Å². The smallest absolute Gasteiger partial charge is 0.207 e. The molecule has 3 nitrogen and oxygen atoms in total. The van der Waals surface area contributed by atoms with E-state index in [0.717, 1.165) is 4.31 Å². The van der Waals surface area contributed by atoms with Crippen LogP contribution in [0.5, 0.6) is 0 Å². The summed E-state index contributed by atoms with van der Waals surface area (Å²) in [5.41, 5.74) is 0. The lowest BCUT2D eigenvalue weighted by Crippen LogP contribution is -2.22. The van der Waals surface area contributed by atoms with Gasteiger partial charge < -0.3 is 0 Å². The molecule has 0 fully saturated rings. The molecular formula is C8H8BrCl2NO2S. The van der Waals surface area contributed by atoms with E-state index in [9.17, 15) is 8.42 Å². The minimum absolute atomic E-state index is 0.0990. The van der Waals surface area contributed by atoms with Gasteiger partial charge >= 0.3 is 0 Å². The monoisotopic (exact) mass is 331 g/mol. The fourth-order valence-electron chi connectivity index (χ4n) is 0.899. The molecule has 0 aliphatic heterocycles. The van der Waals surface area contributed by atoms with E-state index in [1.54, 1.807) is 0 Å².